The Morgan fingerprint density at radius 3 is 2.92 bits per heavy atom. The molecule has 3 aromatic rings. The number of benzene rings is 2. The average Bonchev–Trinajstić information content (AvgIpc) is 3.05. The number of likely N-dealkylation sites (tertiary alicyclic amines) is 1. The van der Waals surface area contributed by atoms with Crippen molar-refractivity contribution in [2.75, 3.05) is 13.1 Å². The van der Waals surface area contributed by atoms with Crippen LogP contribution < -0.4 is 0 Å². The zero-order valence-corrected chi connectivity index (χ0v) is 14.6. The Hall–Kier alpha value is -2.20. The van der Waals surface area contributed by atoms with Crippen LogP contribution >= 0.6 is 11.3 Å². The molecule has 1 saturated heterocycles. The van der Waals surface area contributed by atoms with Crippen LogP contribution in [0.2, 0.25) is 0 Å². The van der Waals surface area contributed by atoms with Crippen molar-refractivity contribution in [3.8, 4) is 0 Å². The highest BCUT2D eigenvalue weighted by Crippen LogP contribution is 2.33. The van der Waals surface area contributed by atoms with E-state index in [1.54, 1.807) is 11.3 Å². The van der Waals surface area contributed by atoms with E-state index in [4.69, 9.17) is 4.98 Å². The third kappa shape index (κ3) is 2.94. The summed E-state index contributed by atoms with van der Waals surface area (Å²) in [5, 5.41) is 1.16. The second-order valence-electron chi connectivity index (χ2n) is 6.48. The van der Waals surface area contributed by atoms with Crippen molar-refractivity contribution in [3.63, 3.8) is 0 Å². The van der Waals surface area contributed by atoms with Crippen molar-refractivity contribution in [2.24, 2.45) is 0 Å². The summed E-state index contributed by atoms with van der Waals surface area (Å²) < 4.78 is 1.23. The molecule has 1 aromatic heterocycles. The maximum Gasteiger partial charge on any atom is 0.253 e. The topological polar surface area (TPSA) is 33.2 Å². The van der Waals surface area contributed by atoms with Crippen molar-refractivity contribution in [3.05, 3.63) is 64.7 Å². The molecular weight excluding hydrogens is 316 g/mol. The largest absolute Gasteiger partial charge is 0.338 e. The molecule has 4 rings (SSSR count). The number of carbonyl (C=O) groups is 1. The Kier molecular flexibility index (Phi) is 4.07. The Morgan fingerprint density at radius 1 is 1.21 bits per heavy atom. The maximum absolute atomic E-state index is 12.8. The van der Waals surface area contributed by atoms with Gasteiger partial charge in [-0.15, -0.1) is 11.3 Å². The smallest absolute Gasteiger partial charge is 0.253 e. The van der Waals surface area contributed by atoms with Crippen LogP contribution in [0.1, 0.15) is 39.7 Å². The number of rotatable bonds is 2. The van der Waals surface area contributed by atoms with Crippen LogP contribution in [0.3, 0.4) is 0 Å². The summed E-state index contributed by atoms with van der Waals surface area (Å²) in [4.78, 5) is 19.6. The van der Waals surface area contributed by atoms with Crippen LogP contribution in [-0.4, -0.2) is 28.9 Å². The van der Waals surface area contributed by atoms with Crippen LogP contribution in [0.4, 0.5) is 0 Å². The summed E-state index contributed by atoms with van der Waals surface area (Å²) in [6.45, 7) is 3.64. The number of hydrogen-bond acceptors (Lipinski definition) is 3. The van der Waals surface area contributed by atoms with Crippen molar-refractivity contribution in [1.29, 1.82) is 0 Å². The van der Waals surface area contributed by atoms with Crippen LogP contribution in [0, 0.1) is 6.92 Å². The van der Waals surface area contributed by atoms with Crippen molar-refractivity contribution < 1.29 is 4.79 Å². The van der Waals surface area contributed by atoms with E-state index in [-0.39, 0.29) is 5.91 Å². The van der Waals surface area contributed by atoms with Gasteiger partial charge in [-0.1, -0.05) is 29.8 Å². The number of fused-ring (bicyclic) bond motifs is 1. The lowest BCUT2D eigenvalue weighted by Crippen LogP contribution is -2.39. The molecule has 1 fully saturated rings. The zero-order valence-electron chi connectivity index (χ0n) is 13.7. The van der Waals surface area contributed by atoms with Gasteiger partial charge in [0.1, 0.15) is 0 Å². The summed E-state index contributed by atoms with van der Waals surface area (Å²) in [5.41, 5.74) is 2.99. The Morgan fingerprint density at radius 2 is 2.08 bits per heavy atom. The lowest BCUT2D eigenvalue weighted by atomic mass is 9.98. The summed E-state index contributed by atoms with van der Waals surface area (Å²) in [6, 6.07) is 16.1. The van der Waals surface area contributed by atoms with Gasteiger partial charge in [0.2, 0.25) is 0 Å². The number of thiazole rings is 1. The fraction of sp³-hybridized carbons (Fsp3) is 0.300. The van der Waals surface area contributed by atoms with E-state index in [0.29, 0.717) is 5.92 Å². The fourth-order valence-electron chi connectivity index (χ4n) is 3.39. The van der Waals surface area contributed by atoms with Gasteiger partial charge in [-0.25, -0.2) is 4.98 Å². The van der Waals surface area contributed by atoms with E-state index >= 15 is 0 Å². The number of hydrogen-bond donors (Lipinski definition) is 0. The molecule has 0 unspecified atom stereocenters. The number of amides is 1. The Bertz CT molecular complexity index is 853. The molecule has 0 saturated carbocycles. The molecule has 4 heteroatoms. The van der Waals surface area contributed by atoms with Crippen LogP contribution in [0.25, 0.3) is 10.2 Å². The van der Waals surface area contributed by atoms with E-state index in [1.165, 1.54) is 4.70 Å². The first kappa shape index (κ1) is 15.3. The predicted octanol–water partition coefficient (Wildman–Crippen LogP) is 4.62. The number of aromatic nitrogens is 1. The fourth-order valence-corrected chi connectivity index (χ4v) is 4.48. The van der Waals surface area contributed by atoms with Gasteiger partial charge in [-0.05, 0) is 44.0 Å². The van der Waals surface area contributed by atoms with Crippen LogP contribution in [0.15, 0.2) is 48.5 Å². The number of piperidine rings is 1. The highest BCUT2D eigenvalue weighted by Gasteiger charge is 2.27. The number of aryl methyl sites for hydroxylation is 1. The van der Waals surface area contributed by atoms with E-state index in [1.807, 2.05) is 42.2 Å². The van der Waals surface area contributed by atoms with Gasteiger partial charge in [0.05, 0.1) is 15.2 Å². The summed E-state index contributed by atoms with van der Waals surface area (Å²) in [7, 11) is 0. The molecule has 2 heterocycles. The lowest BCUT2D eigenvalue weighted by molar-refractivity contribution is 0.0707. The Labute approximate surface area is 146 Å². The standard InChI is InChI=1S/C20H20N2OS/c1-14-6-4-7-15(12-14)20(23)22-11-5-8-16(13-22)19-21-17-9-2-3-10-18(17)24-19/h2-4,6-7,9-10,12,16H,5,8,11,13H2,1H3/t16-/m0/s1. The van der Waals surface area contributed by atoms with Crippen LogP contribution in [-0.2, 0) is 0 Å². The zero-order chi connectivity index (χ0) is 16.5. The van der Waals surface area contributed by atoms with Gasteiger partial charge < -0.3 is 4.90 Å². The summed E-state index contributed by atoms with van der Waals surface area (Å²) in [6.07, 6.45) is 2.15. The third-order valence-corrected chi connectivity index (χ3v) is 5.83. The first-order valence-electron chi connectivity index (χ1n) is 8.42. The van der Waals surface area contributed by atoms with E-state index in [9.17, 15) is 4.79 Å². The minimum Gasteiger partial charge on any atom is -0.338 e. The van der Waals surface area contributed by atoms with Crippen molar-refractivity contribution in [1.82, 2.24) is 9.88 Å². The van der Waals surface area contributed by atoms with Gasteiger partial charge in [0.15, 0.2) is 0 Å². The molecule has 1 aliphatic heterocycles. The first-order valence-corrected chi connectivity index (χ1v) is 9.24. The summed E-state index contributed by atoms with van der Waals surface area (Å²) >= 11 is 1.77. The number of para-hydroxylation sites is 1. The molecule has 0 bridgehead atoms. The second kappa shape index (κ2) is 6.36. The highest BCUT2D eigenvalue weighted by atomic mass is 32.1. The minimum absolute atomic E-state index is 0.143. The normalized spacial score (nSPS) is 18.0. The second-order valence-corrected chi connectivity index (χ2v) is 7.54. The summed E-state index contributed by atoms with van der Waals surface area (Å²) in [5.74, 6) is 0.495. The molecule has 3 nitrogen and oxygen atoms in total. The van der Waals surface area contributed by atoms with Crippen molar-refractivity contribution in [2.45, 2.75) is 25.7 Å². The predicted molar refractivity (Wildman–Crippen MR) is 98.7 cm³/mol. The molecule has 0 radical (unpaired) electrons. The molecular formula is C20H20N2OS. The molecule has 0 spiro atoms. The molecule has 0 N–H and O–H groups in total. The number of nitrogens with zero attached hydrogens (tertiary/aromatic N) is 2. The number of carbonyl (C=O) groups excluding carboxylic acids is 1. The molecule has 0 aliphatic carbocycles. The molecule has 2 aromatic carbocycles. The lowest BCUT2D eigenvalue weighted by Gasteiger charge is -2.32. The van der Waals surface area contributed by atoms with Crippen molar-refractivity contribution >= 4 is 27.5 Å². The molecule has 24 heavy (non-hydrogen) atoms. The Balaban J connectivity index is 1.56. The minimum atomic E-state index is 0.143. The SMILES string of the molecule is Cc1cccc(C(=O)N2CCC[C@H](c3nc4ccccc4s3)C2)c1. The first-order chi connectivity index (χ1) is 11.7. The van der Waals surface area contributed by atoms with Gasteiger partial charge in [0, 0.05) is 24.6 Å². The monoisotopic (exact) mass is 336 g/mol. The van der Waals surface area contributed by atoms with Gasteiger partial charge in [-0.2, -0.15) is 0 Å². The molecule has 1 aliphatic rings. The highest BCUT2D eigenvalue weighted by molar-refractivity contribution is 7.18. The van der Waals surface area contributed by atoms with Gasteiger partial charge >= 0.3 is 0 Å². The third-order valence-electron chi connectivity index (χ3n) is 4.63. The van der Waals surface area contributed by atoms with Gasteiger partial charge in [0.25, 0.3) is 5.91 Å². The van der Waals surface area contributed by atoms with Crippen LogP contribution in [0.5, 0.6) is 0 Å². The van der Waals surface area contributed by atoms with E-state index in [0.717, 1.165) is 47.6 Å². The average molecular weight is 336 g/mol. The van der Waals surface area contributed by atoms with E-state index in [2.05, 4.69) is 18.2 Å². The molecule has 1 amide bonds. The van der Waals surface area contributed by atoms with E-state index < -0.39 is 0 Å². The molecule has 1 atom stereocenters. The molecule has 122 valence electrons. The quantitative estimate of drug-likeness (QED) is 0.684. The van der Waals surface area contributed by atoms with Gasteiger partial charge in [-0.3, -0.25) is 4.79 Å². The maximum atomic E-state index is 12.8.